The van der Waals surface area contributed by atoms with Gasteiger partial charge in [0.15, 0.2) is 5.96 Å². The number of guanidine groups is 1. The summed E-state index contributed by atoms with van der Waals surface area (Å²) in [6.45, 7) is 6.57. The van der Waals surface area contributed by atoms with Crippen LogP contribution in [-0.2, 0) is 24.0 Å². The quantitative estimate of drug-likeness (QED) is 0.0436. The molecule has 1 rings (SSSR count). The van der Waals surface area contributed by atoms with Gasteiger partial charge in [-0.15, -0.1) is 0 Å². The third-order valence-electron chi connectivity index (χ3n) is 6.19. The SMILES string of the molecule is CC(C)[C@H](NC(=O)N(NC(=O)CNC(=O)[C@@H](N)CCCN=C(N)N)C(C)C)C(=O)N1CCC[C@H]1C(=O)NCC(N)=O. The van der Waals surface area contributed by atoms with Crippen LogP contribution in [0.2, 0.25) is 0 Å². The Labute approximate surface area is 239 Å². The molecule has 1 aliphatic rings. The number of carbonyl (C=O) groups excluding carboxylic acids is 6. The molecule has 1 fully saturated rings. The molecular weight excluding hydrogens is 538 g/mol. The summed E-state index contributed by atoms with van der Waals surface area (Å²) >= 11 is 0. The van der Waals surface area contributed by atoms with Gasteiger partial charge in [0.1, 0.15) is 12.1 Å². The highest BCUT2D eigenvalue weighted by Gasteiger charge is 2.39. The number of nitrogens with two attached hydrogens (primary N) is 4. The average Bonchev–Trinajstić information content (AvgIpc) is 3.39. The lowest BCUT2D eigenvalue weighted by Crippen LogP contribution is -2.61. The van der Waals surface area contributed by atoms with Crippen molar-refractivity contribution < 1.29 is 28.8 Å². The molecule has 0 aromatic rings. The Balaban J connectivity index is 2.77. The second-order valence-electron chi connectivity index (χ2n) is 10.3. The summed E-state index contributed by atoms with van der Waals surface area (Å²) in [6.07, 6.45) is 1.72. The number of nitrogens with one attached hydrogen (secondary N) is 4. The Kier molecular flexibility index (Phi) is 14.3. The van der Waals surface area contributed by atoms with E-state index in [9.17, 15) is 28.8 Å². The molecule has 1 saturated heterocycles. The van der Waals surface area contributed by atoms with Crippen LogP contribution in [0.3, 0.4) is 0 Å². The number of hydrazine groups is 1. The van der Waals surface area contributed by atoms with Crippen LogP contribution < -0.4 is 44.3 Å². The molecular formula is C24H45N11O6. The lowest BCUT2D eigenvalue weighted by atomic mass is 10.0. The van der Waals surface area contributed by atoms with Crippen molar-refractivity contribution in [2.45, 2.75) is 77.5 Å². The molecule has 0 spiro atoms. The first-order chi connectivity index (χ1) is 19.1. The number of nitrogens with zero attached hydrogens (tertiary/aromatic N) is 3. The molecule has 41 heavy (non-hydrogen) atoms. The van der Waals surface area contributed by atoms with E-state index in [0.29, 0.717) is 38.8 Å². The fraction of sp³-hybridized carbons (Fsp3) is 0.708. The molecule has 17 nitrogen and oxygen atoms in total. The summed E-state index contributed by atoms with van der Waals surface area (Å²) in [7, 11) is 0. The lowest BCUT2D eigenvalue weighted by Gasteiger charge is -2.33. The Morgan fingerprint density at radius 1 is 1.00 bits per heavy atom. The molecule has 0 aliphatic carbocycles. The number of hydrogen-bond donors (Lipinski definition) is 8. The van der Waals surface area contributed by atoms with E-state index in [1.165, 1.54) is 4.90 Å². The molecule has 0 bridgehead atoms. The minimum absolute atomic E-state index is 0.0628. The van der Waals surface area contributed by atoms with Gasteiger partial charge in [-0.1, -0.05) is 13.8 Å². The minimum Gasteiger partial charge on any atom is -0.370 e. The smallest absolute Gasteiger partial charge is 0.337 e. The largest absolute Gasteiger partial charge is 0.370 e. The molecule has 1 aliphatic heterocycles. The van der Waals surface area contributed by atoms with Crippen LogP contribution in [0.15, 0.2) is 4.99 Å². The first-order valence-corrected chi connectivity index (χ1v) is 13.5. The third kappa shape index (κ3) is 11.9. The van der Waals surface area contributed by atoms with Crippen LogP contribution in [0.25, 0.3) is 0 Å². The van der Waals surface area contributed by atoms with Gasteiger partial charge in [-0.25, -0.2) is 9.80 Å². The van der Waals surface area contributed by atoms with Crippen molar-refractivity contribution in [3.63, 3.8) is 0 Å². The predicted molar refractivity (Wildman–Crippen MR) is 150 cm³/mol. The molecule has 1 heterocycles. The molecule has 0 aromatic heterocycles. The second-order valence-corrected chi connectivity index (χ2v) is 10.3. The summed E-state index contributed by atoms with van der Waals surface area (Å²) < 4.78 is 0. The molecule has 0 aromatic carbocycles. The maximum absolute atomic E-state index is 13.4. The van der Waals surface area contributed by atoms with Gasteiger partial charge in [-0.2, -0.15) is 0 Å². The summed E-state index contributed by atoms with van der Waals surface area (Å²) in [6, 6.07) is -3.97. The van der Waals surface area contributed by atoms with Crippen LogP contribution in [0, 0.1) is 5.92 Å². The van der Waals surface area contributed by atoms with Crippen molar-refractivity contribution in [2.75, 3.05) is 26.2 Å². The van der Waals surface area contributed by atoms with E-state index in [4.69, 9.17) is 22.9 Å². The molecule has 7 amide bonds. The maximum atomic E-state index is 13.4. The van der Waals surface area contributed by atoms with Gasteiger partial charge in [0.25, 0.3) is 5.91 Å². The first kappa shape index (κ1) is 34.9. The standard InChI is InChI=1S/C24H45N11O6/c1-13(2)19(22(40)34-10-6-8-16(34)21(39)30-11-17(26)36)32-24(41)35(14(3)4)33-18(37)12-31-20(38)15(25)7-5-9-29-23(27)28/h13-16,19H,5-12,25H2,1-4H3,(H2,26,36)(H,30,39)(H,31,38)(H,32,41)(H,33,37)(H4,27,28,29)/t15-,16-,19-/m0/s1. The Morgan fingerprint density at radius 3 is 2.22 bits per heavy atom. The van der Waals surface area contributed by atoms with Crippen LogP contribution in [0.1, 0.15) is 53.4 Å². The van der Waals surface area contributed by atoms with E-state index in [1.54, 1.807) is 27.7 Å². The maximum Gasteiger partial charge on any atom is 0.337 e. The molecule has 17 heteroatoms. The number of likely N-dealkylation sites (tertiary alicyclic amines) is 1. The highest BCUT2D eigenvalue weighted by atomic mass is 16.2. The van der Waals surface area contributed by atoms with Crippen molar-refractivity contribution in [1.29, 1.82) is 0 Å². The van der Waals surface area contributed by atoms with Crippen LogP contribution >= 0.6 is 0 Å². The zero-order valence-electron chi connectivity index (χ0n) is 24.1. The van der Waals surface area contributed by atoms with Crippen molar-refractivity contribution in [3.8, 4) is 0 Å². The van der Waals surface area contributed by atoms with Crippen molar-refractivity contribution >= 4 is 41.5 Å². The average molecular weight is 584 g/mol. The van der Waals surface area contributed by atoms with Crippen LogP contribution in [-0.4, -0.2) is 102 Å². The molecule has 0 radical (unpaired) electrons. The number of rotatable bonds is 14. The topological polar surface area (TPSA) is 273 Å². The second kappa shape index (κ2) is 16.8. The lowest BCUT2D eigenvalue weighted by molar-refractivity contribution is -0.140. The Bertz CT molecular complexity index is 983. The highest BCUT2D eigenvalue weighted by Crippen LogP contribution is 2.20. The Morgan fingerprint density at radius 2 is 1.66 bits per heavy atom. The fourth-order valence-electron chi connectivity index (χ4n) is 4.03. The van der Waals surface area contributed by atoms with E-state index in [2.05, 4.69) is 26.4 Å². The van der Waals surface area contributed by atoms with Crippen LogP contribution in [0.5, 0.6) is 0 Å². The van der Waals surface area contributed by atoms with E-state index < -0.39 is 66.3 Å². The van der Waals surface area contributed by atoms with Gasteiger partial charge in [0.05, 0.1) is 19.1 Å². The highest BCUT2D eigenvalue weighted by molar-refractivity contribution is 5.94. The summed E-state index contributed by atoms with van der Waals surface area (Å²) in [4.78, 5) is 80.0. The number of amides is 7. The van der Waals surface area contributed by atoms with E-state index >= 15 is 0 Å². The van der Waals surface area contributed by atoms with Crippen molar-refractivity contribution in [2.24, 2.45) is 33.8 Å². The molecule has 0 saturated carbocycles. The summed E-state index contributed by atoms with van der Waals surface area (Å²) in [5.41, 5.74) is 23.8. The summed E-state index contributed by atoms with van der Waals surface area (Å²) in [5.74, 6) is -3.36. The van der Waals surface area contributed by atoms with Gasteiger partial charge < -0.3 is 43.8 Å². The van der Waals surface area contributed by atoms with E-state index in [1.807, 2.05) is 0 Å². The minimum atomic E-state index is -1.01. The van der Waals surface area contributed by atoms with Gasteiger partial charge in [-0.3, -0.25) is 34.4 Å². The van der Waals surface area contributed by atoms with Gasteiger partial charge >= 0.3 is 6.03 Å². The Hall–Kier alpha value is -4.15. The number of aliphatic imine (C=N–C) groups is 1. The van der Waals surface area contributed by atoms with Crippen molar-refractivity contribution in [3.05, 3.63) is 0 Å². The predicted octanol–water partition coefficient (Wildman–Crippen LogP) is -3.45. The first-order valence-electron chi connectivity index (χ1n) is 13.5. The number of carbonyl (C=O) groups is 6. The van der Waals surface area contributed by atoms with Gasteiger partial charge in [0.2, 0.25) is 23.6 Å². The fourth-order valence-corrected chi connectivity index (χ4v) is 4.03. The molecule has 12 N–H and O–H groups in total. The monoisotopic (exact) mass is 583 g/mol. The number of hydrogen-bond acceptors (Lipinski definition) is 8. The molecule has 0 unspecified atom stereocenters. The van der Waals surface area contributed by atoms with E-state index in [-0.39, 0.29) is 18.4 Å². The zero-order chi connectivity index (χ0) is 31.3. The molecule has 3 atom stereocenters. The summed E-state index contributed by atoms with van der Waals surface area (Å²) in [5, 5.41) is 8.48. The van der Waals surface area contributed by atoms with Crippen molar-refractivity contribution in [1.82, 2.24) is 31.3 Å². The van der Waals surface area contributed by atoms with E-state index in [0.717, 1.165) is 5.01 Å². The third-order valence-corrected chi connectivity index (χ3v) is 6.19. The number of urea groups is 1. The normalized spacial score (nSPS) is 16.0. The number of primary amides is 1. The van der Waals surface area contributed by atoms with Gasteiger partial charge in [-0.05, 0) is 45.4 Å². The molecule has 232 valence electrons. The van der Waals surface area contributed by atoms with Gasteiger partial charge in [0, 0.05) is 19.1 Å². The zero-order valence-corrected chi connectivity index (χ0v) is 24.1. The van der Waals surface area contributed by atoms with Crippen LogP contribution in [0.4, 0.5) is 4.79 Å².